The molecule has 0 aromatic heterocycles. The fourth-order valence-electron chi connectivity index (χ4n) is 1.66. The first-order valence-corrected chi connectivity index (χ1v) is 7.45. The molecule has 0 amide bonds. The van der Waals surface area contributed by atoms with Crippen molar-refractivity contribution in [3.8, 4) is 0 Å². The molecule has 0 fully saturated rings. The molecule has 19 heavy (non-hydrogen) atoms. The molecule has 3 N–H and O–H groups in total. The van der Waals surface area contributed by atoms with Crippen LogP contribution in [0, 0.1) is 5.82 Å². The minimum atomic E-state index is -3.72. The fraction of sp³-hybridized carbons (Fsp3) is 0.500. The number of halogens is 1. The average Bonchev–Trinajstić information content (AvgIpc) is 2.33. The number of nitrogen functional groups attached to an aromatic ring is 1. The molecule has 1 aromatic rings. The standard InChI is InChI=1S/C12H19FN2O3S/c1-15(5-3-2-4-6-16)19(17,18)12-8-10(13)7-11(14)9-12/h7-9,16H,2-6,14H2,1H3. The summed E-state index contributed by atoms with van der Waals surface area (Å²) in [6.07, 6.45) is 2.02. The Hall–Kier alpha value is -1.18. The van der Waals surface area contributed by atoms with Gasteiger partial charge in [-0.3, -0.25) is 0 Å². The molecule has 0 heterocycles. The van der Waals surface area contributed by atoms with Crippen LogP contribution in [0.1, 0.15) is 19.3 Å². The lowest BCUT2D eigenvalue weighted by atomic mass is 10.2. The smallest absolute Gasteiger partial charge is 0.242 e. The maximum atomic E-state index is 13.2. The second kappa shape index (κ2) is 6.83. The van der Waals surface area contributed by atoms with E-state index in [1.807, 2.05) is 0 Å². The van der Waals surface area contributed by atoms with Gasteiger partial charge in [-0.2, -0.15) is 0 Å². The number of anilines is 1. The zero-order valence-corrected chi connectivity index (χ0v) is 11.7. The van der Waals surface area contributed by atoms with E-state index >= 15 is 0 Å². The number of hydrogen-bond donors (Lipinski definition) is 2. The van der Waals surface area contributed by atoms with E-state index < -0.39 is 15.8 Å². The molecule has 7 heteroatoms. The molecule has 0 unspecified atom stereocenters. The number of unbranched alkanes of at least 4 members (excludes halogenated alkanes) is 2. The van der Waals surface area contributed by atoms with Gasteiger partial charge in [0.25, 0.3) is 0 Å². The molecule has 0 spiro atoms. The van der Waals surface area contributed by atoms with Crippen LogP contribution in [-0.4, -0.2) is 38.0 Å². The lowest BCUT2D eigenvalue weighted by Crippen LogP contribution is -2.28. The molecular formula is C12H19FN2O3S. The Morgan fingerprint density at radius 3 is 2.53 bits per heavy atom. The predicted molar refractivity (Wildman–Crippen MR) is 71.6 cm³/mol. The van der Waals surface area contributed by atoms with E-state index in [0.717, 1.165) is 18.6 Å². The summed E-state index contributed by atoms with van der Waals surface area (Å²) in [4.78, 5) is -0.144. The average molecular weight is 290 g/mol. The molecule has 0 radical (unpaired) electrons. The first-order valence-electron chi connectivity index (χ1n) is 6.01. The molecule has 0 atom stereocenters. The van der Waals surface area contributed by atoms with Crippen LogP contribution in [0.5, 0.6) is 0 Å². The Labute approximate surface area is 112 Å². The van der Waals surface area contributed by atoms with E-state index in [0.29, 0.717) is 19.4 Å². The molecule has 0 aliphatic heterocycles. The van der Waals surface area contributed by atoms with Crippen molar-refractivity contribution in [2.75, 3.05) is 25.9 Å². The van der Waals surface area contributed by atoms with Gasteiger partial charge in [0.1, 0.15) is 5.82 Å². The lowest BCUT2D eigenvalue weighted by molar-refractivity contribution is 0.281. The molecule has 0 saturated heterocycles. The van der Waals surface area contributed by atoms with Gasteiger partial charge in [0.15, 0.2) is 0 Å². The zero-order valence-electron chi connectivity index (χ0n) is 10.8. The summed E-state index contributed by atoms with van der Waals surface area (Å²) in [5, 5.41) is 8.64. The second-order valence-corrected chi connectivity index (χ2v) is 6.38. The SMILES string of the molecule is CN(CCCCCO)S(=O)(=O)c1cc(N)cc(F)c1. The highest BCUT2D eigenvalue weighted by atomic mass is 32.2. The minimum Gasteiger partial charge on any atom is -0.399 e. The summed E-state index contributed by atoms with van der Waals surface area (Å²) in [7, 11) is -2.28. The first-order chi connectivity index (χ1) is 8.87. The monoisotopic (exact) mass is 290 g/mol. The van der Waals surface area contributed by atoms with E-state index in [4.69, 9.17) is 10.8 Å². The molecule has 1 rings (SSSR count). The number of rotatable bonds is 7. The third-order valence-electron chi connectivity index (χ3n) is 2.73. The number of sulfonamides is 1. The third-order valence-corrected chi connectivity index (χ3v) is 4.57. The molecule has 0 aliphatic rings. The van der Waals surface area contributed by atoms with Gasteiger partial charge in [-0.25, -0.2) is 17.1 Å². The lowest BCUT2D eigenvalue weighted by Gasteiger charge is -2.17. The second-order valence-electron chi connectivity index (χ2n) is 4.33. The minimum absolute atomic E-state index is 0.0762. The third kappa shape index (κ3) is 4.45. The Bertz CT molecular complexity index is 499. The summed E-state index contributed by atoms with van der Waals surface area (Å²) >= 11 is 0. The molecular weight excluding hydrogens is 271 g/mol. The normalized spacial score (nSPS) is 12.0. The maximum Gasteiger partial charge on any atom is 0.242 e. The van der Waals surface area contributed by atoms with Gasteiger partial charge in [0, 0.05) is 25.9 Å². The van der Waals surface area contributed by atoms with Crippen molar-refractivity contribution in [1.29, 1.82) is 0 Å². The number of aliphatic hydroxyl groups is 1. The van der Waals surface area contributed by atoms with Crippen LogP contribution < -0.4 is 5.73 Å². The topological polar surface area (TPSA) is 83.6 Å². The van der Waals surface area contributed by atoms with Crippen molar-refractivity contribution in [1.82, 2.24) is 4.31 Å². The van der Waals surface area contributed by atoms with Crippen molar-refractivity contribution in [3.05, 3.63) is 24.0 Å². The fourth-order valence-corrected chi connectivity index (χ4v) is 2.93. The van der Waals surface area contributed by atoms with Gasteiger partial charge in [-0.1, -0.05) is 0 Å². The van der Waals surface area contributed by atoms with Gasteiger partial charge in [-0.05, 0) is 37.5 Å². The molecule has 108 valence electrons. The van der Waals surface area contributed by atoms with Gasteiger partial charge < -0.3 is 10.8 Å². The predicted octanol–water partition coefficient (Wildman–Crippen LogP) is 1.19. The van der Waals surface area contributed by atoms with Crippen LogP contribution >= 0.6 is 0 Å². The largest absolute Gasteiger partial charge is 0.399 e. The van der Waals surface area contributed by atoms with Crippen LogP contribution in [0.2, 0.25) is 0 Å². The number of benzene rings is 1. The number of nitrogens with two attached hydrogens (primary N) is 1. The van der Waals surface area contributed by atoms with Crippen LogP contribution in [-0.2, 0) is 10.0 Å². The summed E-state index contributed by atoms with van der Waals surface area (Å²) in [5.41, 5.74) is 5.52. The molecule has 0 aliphatic carbocycles. The van der Waals surface area contributed by atoms with Gasteiger partial charge in [0.2, 0.25) is 10.0 Å². The van der Waals surface area contributed by atoms with E-state index in [1.54, 1.807) is 0 Å². The van der Waals surface area contributed by atoms with Crippen LogP contribution in [0.4, 0.5) is 10.1 Å². The van der Waals surface area contributed by atoms with Crippen LogP contribution in [0.15, 0.2) is 23.1 Å². The summed E-state index contributed by atoms with van der Waals surface area (Å²) < 4.78 is 38.7. The van der Waals surface area contributed by atoms with E-state index in [2.05, 4.69) is 0 Å². The van der Waals surface area contributed by atoms with Gasteiger partial charge in [0.05, 0.1) is 4.90 Å². The van der Waals surface area contributed by atoms with Crippen molar-refractivity contribution < 1.29 is 17.9 Å². The summed E-state index contributed by atoms with van der Waals surface area (Å²) in [6, 6.07) is 3.26. The Balaban J connectivity index is 2.79. The van der Waals surface area contributed by atoms with E-state index in [-0.39, 0.29) is 17.2 Å². The number of hydrogen-bond acceptors (Lipinski definition) is 4. The molecule has 0 saturated carbocycles. The van der Waals surface area contributed by atoms with Crippen molar-refractivity contribution in [3.63, 3.8) is 0 Å². The quantitative estimate of drug-likeness (QED) is 0.583. The maximum absolute atomic E-state index is 13.2. The number of aliphatic hydroxyl groups excluding tert-OH is 1. The summed E-state index contributed by atoms with van der Waals surface area (Å²) in [6.45, 7) is 0.412. The highest BCUT2D eigenvalue weighted by Gasteiger charge is 2.21. The Kier molecular flexibility index (Phi) is 5.71. The summed E-state index contributed by atoms with van der Waals surface area (Å²) in [5.74, 6) is -0.674. The van der Waals surface area contributed by atoms with E-state index in [9.17, 15) is 12.8 Å². The zero-order chi connectivity index (χ0) is 14.5. The Morgan fingerprint density at radius 2 is 1.95 bits per heavy atom. The molecule has 1 aromatic carbocycles. The highest BCUT2D eigenvalue weighted by molar-refractivity contribution is 7.89. The number of nitrogens with zero attached hydrogens (tertiary/aromatic N) is 1. The van der Waals surface area contributed by atoms with Gasteiger partial charge in [-0.15, -0.1) is 0 Å². The van der Waals surface area contributed by atoms with Crippen molar-refractivity contribution in [2.45, 2.75) is 24.2 Å². The van der Waals surface area contributed by atoms with E-state index in [1.165, 1.54) is 17.4 Å². The Morgan fingerprint density at radius 1 is 1.26 bits per heavy atom. The molecule has 5 nitrogen and oxygen atoms in total. The van der Waals surface area contributed by atoms with Crippen molar-refractivity contribution >= 4 is 15.7 Å². The van der Waals surface area contributed by atoms with Crippen LogP contribution in [0.25, 0.3) is 0 Å². The first kappa shape index (κ1) is 15.9. The highest BCUT2D eigenvalue weighted by Crippen LogP contribution is 2.19. The van der Waals surface area contributed by atoms with Crippen molar-refractivity contribution in [2.24, 2.45) is 0 Å². The van der Waals surface area contributed by atoms with Crippen LogP contribution in [0.3, 0.4) is 0 Å². The van der Waals surface area contributed by atoms with Gasteiger partial charge >= 0.3 is 0 Å². The molecule has 0 bridgehead atoms.